The molecule has 1 fully saturated rings. The van der Waals surface area contributed by atoms with Crippen molar-refractivity contribution in [2.45, 2.75) is 24.2 Å². The summed E-state index contributed by atoms with van der Waals surface area (Å²) in [4.78, 5) is 11.9. The molecule has 2 N–H and O–H groups in total. The smallest absolute Gasteiger partial charge is 0.233 e. The average molecular weight is 310 g/mol. The third-order valence-corrected chi connectivity index (χ3v) is 5.25. The number of hydrogen-bond acceptors (Lipinski definition) is 4. The minimum Gasteiger partial charge on any atom is -0.355 e. The van der Waals surface area contributed by atoms with E-state index in [9.17, 15) is 13.2 Å². The van der Waals surface area contributed by atoms with Crippen LogP contribution in [0.15, 0.2) is 35.2 Å². The second kappa shape index (κ2) is 7.56. The van der Waals surface area contributed by atoms with Crippen molar-refractivity contribution in [1.82, 2.24) is 10.6 Å². The lowest BCUT2D eigenvalue weighted by Gasteiger charge is -2.07. The van der Waals surface area contributed by atoms with Crippen molar-refractivity contribution in [3.05, 3.63) is 30.3 Å². The number of sulfone groups is 1. The first-order chi connectivity index (χ1) is 10.1. The summed E-state index contributed by atoms with van der Waals surface area (Å²) >= 11 is 0. The Balaban J connectivity index is 1.61. The van der Waals surface area contributed by atoms with Crippen molar-refractivity contribution in [2.24, 2.45) is 5.92 Å². The molecule has 1 aliphatic rings. The predicted molar refractivity (Wildman–Crippen MR) is 81.7 cm³/mol. The van der Waals surface area contributed by atoms with Crippen LogP contribution in [0.1, 0.15) is 19.3 Å². The van der Waals surface area contributed by atoms with Gasteiger partial charge in [-0.05, 0) is 43.9 Å². The van der Waals surface area contributed by atoms with Crippen molar-refractivity contribution in [2.75, 3.05) is 25.4 Å². The fourth-order valence-electron chi connectivity index (χ4n) is 2.01. The van der Waals surface area contributed by atoms with Crippen LogP contribution in [0.25, 0.3) is 0 Å². The third-order valence-electron chi connectivity index (χ3n) is 3.43. The summed E-state index contributed by atoms with van der Waals surface area (Å²) in [6, 6.07) is 8.39. The van der Waals surface area contributed by atoms with E-state index in [1.165, 1.54) is 12.8 Å². The molecule has 0 aromatic heterocycles. The van der Waals surface area contributed by atoms with Crippen molar-refractivity contribution < 1.29 is 13.2 Å². The van der Waals surface area contributed by atoms with E-state index in [1.807, 2.05) is 0 Å². The number of rotatable bonds is 9. The molecule has 0 aliphatic heterocycles. The number of carbonyl (C=O) groups excluding carboxylic acids is 1. The van der Waals surface area contributed by atoms with E-state index in [4.69, 9.17) is 0 Å². The van der Waals surface area contributed by atoms with Crippen LogP contribution in [0, 0.1) is 5.92 Å². The lowest BCUT2D eigenvalue weighted by atomic mass is 10.4. The Morgan fingerprint density at radius 1 is 1.19 bits per heavy atom. The Bertz CT molecular complexity index is 554. The van der Waals surface area contributed by atoms with Gasteiger partial charge in [-0.15, -0.1) is 0 Å². The van der Waals surface area contributed by atoms with Gasteiger partial charge in [0.25, 0.3) is 0 Å². The Hall–Kier alpha value is -1.40. The van der Waals surface area contributed by atoms with Crippen molar-refractivity contribution in [3.63, 3.8) is 0 Å². The van der Waals surface area contributed by atoms with Gasteiger partial charge in [0.05, 0.1) is 17.2 Å². The normalized spacial score (nSPS) is 14.9. The summed E-state index contributed by atoms with van der Waals surface area (Å²) in [6.45, 7) is 1.59. The van der Waals surface area contributed by atoms with E-state index >= 15 is 0 Å². The number of nitrogens with one attached hydrogen (secondary N) is 2. The number of carbonyl (C=O) groups is 1. The van der Waals surface area contributed by atoms with Gasteiger partial charge in [-0.3, -0.25) is 4.79 Å². The van der Waals surface area contributed by atoms with Crippen LogP contribution in [-0.4, -0.2) is 39.7 Å². The molecule has 0 unspecified atom stereocenters. The van der Waals surface area contributed by atoms with E-state index < -0.39 is 9.84 Å². The van der Waals surface area contributed by atoms with E-state index in [2.05, 4.69) is 10.6 Å². The summed E-state index contributed by atoms with van der Waals surface area (Å²) < 4.78 is 24.0. The van der Waals surface area contributed by atoms with Gasteiger partial charge in [-0.2, -0.15) is 0 Å². The Labute approximate surface area is 126 Å². The van der Waals surface area contributed by atoms with E-state index in [0.717, 1.165) is 12.5 Å². The van der Waals surface area contributed by atoms with Gasteiger partial charge in [0.2, 0.25) is 5.91 Å². The average Bonchev–Trinajstić information content (AvgIpc) is 3.29. The molecule has 1 amide bonds. The Morgan fingerprint density at radius 3 is 2.57 bits per heavy atom. The maximum absolute atomic E-state index is 12.0. The topological polar surface area (TPSA) is 75.3 Å². The van der Waals surface area contributed by atoms with Crippen LogP contribution in [0.3, 0.4) is 0 Å². The molecule has 1 aromatic rings. The second-order valence-electron chi connectivity index (χ2n) is 5.41. The molecule has 5 nitrogen and oxygen atoms in total. The molecule has 21 heavy (non-hydrogen) atoms. The second-order valence-corrected chi connectivity index (χ2v) is 7.52. The minimum atomic E-state index is -3.25. The highest BCUT2D eigenvalue weighted by atomic mass is 32.2. The molecular formula is C15H22N2O3S. The zero-order valence-electron chi connectivity index (χ0n) is 12.0. The molecule has 1 aromatic carbocycles. The third kappa shape index (κ3) is 5.85. The first kappa shape index (κ1) is 16.0. The molecule has 116 valence electrons. The first-order valence-electron chi connectivity index (χ1n) is 7.33. The highest BCUT2D eigenvalue weighted by molar-refractivity contribution is 7.91. The Morgan fingerprint density at radius 2 is 1.90 bits per heavy atom. The van der Waals surface area contributed by atoms with Crippen LogP contribution in [-0.2, 0) is 14.6 Å². The predicted octanol–water partition coefficient (Wildman–Crippen LogP) is 0.966. The van der Waals surface area contributed by atoms with Gasteiger partial charge in [0, 0.05) is 6.54 Å². The fourth-order valence-corrected chi connectivity index (χ4v) is 3.34. The molecule has 1 saturated carbocycles. The lowest BCUT2D eigenvalue weighted by Crippen LogP contribution is -2.35. The highest BCUT2D eigenvalue weighted by Crippen LogP contribution is 2.27. The van der Waals surface area contributed by atoms with Gasteiger partial charge >= 0.3 is 0 Å². The zero-order valence-corrected chi connectivity index (χ0v) is 12.9. The van der Waals surface area contributed by atoms with Crippen LogP contribution >= 0.6 is 0 Å². The first-order valence-corrected chi connectivity index (χ1v) is 8.98. The minimum absolute atomic E-state index is 0.0484. The van der Waals surface area contributed by atoms with E-state index in [0.29, 0.717) is 24.4 Å². The maximum Gasteiger partial charge on any atom is 0.233 e. The molecule has 1 aliphatic carbocycles. The molecule has 0 heterocycles. The fraction of sp³-hybridized carbons (Fsp3) is 0.533. The van der Waals surface area contributed by atoms with Crippen LogP contribution in [0.2, 0.25) is 0 Å². The Kier molecular flexibility index (Phi) is 5.76. The van der Waals surface area contributed by atoms with Crippen LogP contribution < -0.4 is 10.6 Å². The van der Waals surface area contributed by atoms with Crippen LogP contribution in [0.5, 0.6) is 0 Å². The quantitative estimate of drug-likeness (QED) is 0.666. The van der Waals surface area contributed by atoms with Crippen molar-refractivity contribution in [3.8, 4) is 0 Å². The summed E-state index contributed by atoms with van der Waals surface area (Å²) in [5.41, 5.74) is 0. The molecule has 2 rings (SSSR count). The highest BCUT2D eigenvalue weighted by Gasteiger charge is 2.20. The van der Waals surface area contributed by atoms with Crippen molar-refractivity contribution >= 4 is 15.7 Å². The summed E-state index contributed by atoms with van der Waals surface area (Å²) in [6.07, 6.45) is 2.93. The van der Waals surface area contributed by atoms with Gasteiger partial charge in [-0.1, -0.05) is 18.2 Å². The standard InChI is InChI=1S/C15H22N2O3S/c18-15(12-16-11-13-7-8-13)17-9-4-10-21(19,20)14-5-2-1-3-6-14/h1-3,5-6,13,16H,4,7-12H2,(H,17,18). The van der Waals surface area contributed by atoms with Gasteiger partial charge in [0.1, 0.15) is 0 Å². The number of hydrogen-bond donors (Lipinski definition) is 2. The monoisotopic (exact) mass is 310 g/mol. The molecule has 0 bridgehead atoms. The summed E-state index contributed by atoms with van der Waals surface area (Å²) in [5.74, 6) is 0.717. The van der Waals surface area contributed by atoms with E-state index in [1.54, 1.807) is 30.3 Å². The van der Waals surface area contributed by atoms with Gasteiger partial charge < -0.3 is 10.6 Å². The molecule has 0 spiro atoms. The maximum atomic E-state index is 12.0. The summed E-state index contributed by atoms with van der Waals surface area (Å²) in [7, 11) is -3.25. The molecular weight excluding hydrogens is 288 g/mol. The molecule has 0 saturated heterocycles. The SMILES string of the molecule is O=C(CNCC1CC1)NCCCS(=O)(=O)c1ccccc1. The van der Waals surface area contributed by atoms with Gasteiger partial charge in [0.15, 0.2) is 9.84 Å². The number of amides is 1. The van der Waals surface area contributed by atoms with Gasteiger partial charge in [-0.25, -0.2) is 8.42 Å². The van der Waals surface area contributed by atoms with Crippen molar-refractivity contribution in [1.29, 1.82) is 0 Å². The lowest BCUT2D eigenvalue weighted by molar-refractivity contribution is -0.120. The molecule has 0 atom stereocenters. The zero-order chi connectivity index (χ0) is 15.1. The largest absolute Gasteiger partial charge is 0.355 e. The van der Waals surface area contributed by atoms with Crippen LogP contribution in [0.4, 0.5) is 0 Å². The summed E-state index contributed by atoms with van der Waals surface area (Å²) in [5, 5.41) is 5.83. The van der Waals surface area contributed by atoms with E-state index in [-0.39, 0.29) is 11.7 Å². The molecule has 6 heteroatoms. The molecule has 0 radical (unpaired) electrons. The number of benzene rings is 1.